The fourth-order valence-corrected chi connectivity index (χ4v) is 2.98. The number of carbonyl (C=O) groups is 1. The molecule has 0 atom stereocenters. The van der Waals surface area contributed by atoms with Gasteiger partial charge in [-0.2, -0.15) is 5.10 Å². The summed E-state index contributed by atoms with van der Waals surface area (Å²) in [6.07, 6.45) is 3.67. The largest absolute Gasteiger partial charge is 0.325 e. The van der Waals surface area contributed by atoms with Gasteiger partial charge in [-0.1, -0.05) is 12.1 Å². The molecule has 2 aromatic rings. The van der Waals surface area contributed by atoms with Gasteiger partial charge in [0.25, 0.3) is 0 Å². The molecule has 0 bridgehead atoms. The lowest BCUT2D eigenvalue weighted by atomic mass is 10.1. The van der Waals surface area contributed by atoms with Crippen LogP contribution < -0.4 is 10.6 Å². The van der Waals surface area contributed by atoms with Crippen molar-refractivity contribution in [2.24, 2.45) is 7.05 Å². The molecule has 1 aliphatic rings. The molecule has 0 radical (unpaired) electrons. The first kappa shape index (κ1) is 13.2. The fraction of sp³-hybridized carbons (Fsp3) is 0.286. The minimum atomic E-state index is 0.0131. The average Bonchev–Trinajstić information content (AvgIpc) is 3.05. The van der Waals surface area contributed by atoms with Gasteiger partial charge in [-0.25, -0.2) is 0 Å². The monoisotopic (exact) mass is 288 g/mol. The molecule has 0 aliphatic carbocycles. The SMILES string of the molecule is Cn1cc(SCC(=O)Nc2cccc3c2CNC3)cn1. The molecular weight excluding hydrogens is 272 g/mol. The fourth-order valence-electron chi connectivity index (χ4n) is 2.26. The Morgan fingerprint density at radius 2 is 2.40 bits per heavy atom. The first-order valence-corrected chi connectivity index (χ1v) is 7.44. The second-order valence-electron chi connectivity index (χ2n) is 4.73. The number of hydrogen-bond acceptors (Lipinski definition) is 4. The normalized spacial score (nSPS) is 13.2. The molecule has 0 spiro atoms. The summed E-state index contributed by atoms with van der Waals surface area (Å²) >= 11 is 1.49. The molecule has 0 saturated heterocycles. The van der Waals surface area contributed by atoms with Gasteiger partial charge >= 0.3 is 0 Å². The first-order chi connectivity index (χ1) is 9.72. The van der Waals surface area contributed by atoms with Crippen LogP contribution in [0, 0.1) is 0 Å². The van der Waals surface area contributed by atoms with Crippen LogP contribution in [0.15, 0.2) is 35.5 Å². The number of anilines is 1. The number of aromatic nitrogens is 2. The van der Waals surface area contributed by atoms with Gasteiger partial charge in [0.1, 0.15) is 0 Å². The molecule has 0 fully saturated rings. The average molecular weight is 288 g/mol. The van der Waals surface area contributed by atoms with Gasteiger partial charge in [-0.15, -0.1) is 11.8 Å². The summed E-state index contributed by atoms with van der Waals surface area (Å²) in [5.41, 5.74) is 3.39. The van der Waals surface area contributed by atoms with Crippen molar-refractivity contribution >= 4 is 23.4 Å². The van der Waals surface area contributed by atoms with Crippen molar-refractivity contribution in [2.75, 3.05) is 11.1 Å². The van der Waals surface area contributed by atoms with Crippen molar-refractivity contribution in [3.8, 4) is 0 Å². The quantitative estimate of drug-likeness (QED) is 0.842. The molecule has 6 heteroatoms. The number of hydrogen-bond donors (Lipinski definition) is 2. The topological polar surface area (TPSA) is 59.0 Å². The zero-order valence-electron chi connectivity index (χ0n) is 11.2. The molecule has 20 heavy (non-hydrogen) atoms. The van der Waals surface area contributed by atoms with Crippen LogP contribution in [0.25, 0.3) is 0 Å². The first-order valence-electron chi connectivity index (χ1n) is 6.45. The van der Waals surface area contributed by atoms with Crippen molar-refractivity contribution in [1.82, 2.24) is 15.1 Å². The maximum Gasteiger partial charge on any atom is 0.234 e. The van der Waals surface area contributed by atoms with E-state index in [0.717, 1.165) is 23.7 Å². The Hall–Kier alpha value is -1.79. The van der Waals surface area contributed by atoms with Gasteiger partial charge in [-0.3, -0.25) is 9.48 Å². The number of amides is 1. The minimum absolute atomic E-state index is 0.0131. The van der Waals surface area contributed by atoms with E-state index in [1.54, 1.807) is 10.9 Å². The Morgan fingerprint density at radius 1 is 1.50 bits per heavy atom. The number of nitrogens with one attached hydrogen (secondary N) is 2. The van der Waals surface area contributed by atoms with E-state index in [1.807, 2.05) is 25.4 Å². The van der Waals surface area contributed by atoms with Crippen molar-refractivity contribution in [2.45, 2.75) is 18.0 Å². The van der Waals surface area contributed by atoms with Gasteiger partial charge in [0.2, 0.25) is 5.91 Å². The zero-order valence-corrected chi connectivity index (χ0v) is 12.0. The summed E-state index contributed by atoms with van der Waals surface area (Å²) in [4.78, 5) is 13.0. The van der Waals surface area contributed by atoms with Crippen molar-refractivity contribution in [1.29, 1.82) is 0 Å². The number of fused-ring (bicyclic) bond motifs is 1. The lowest BCUT2D eigenvalue weighted by Crippen LogP contribution is -2.15. The summed E-state index contributed by atoms with van der Waals surface area (Å²) in [6, 6.07) is 6.03. The second kappa shape index (κ2) is 5.68. The van der Waals surface area contributed by atoms with Crippen LogP contribution in [-0.2, 0) is 24.9 Å². The molecule has 2 heterocycles. The number of nitrogens with zero attached hydrogens (tertiary/aromatic N) is 2. The van der Waals surface area contributed by atoms with Crippen LogP contribution in [-0.4, -0.2) is 21.4 Å². The van der Waals surface area contributed by atoms with Crippen LogP contribution in [0.3, 0.4) is 0 Å². The third-order valence-corrected chi connectivity index (χ3v) is 4.17. The zero-order chi connectivity index (χ0) is 13.9. The highest BCUT2D eigenvalue weighted by molar-refractivity contribution is 8.00. The standard InChI is InChI=1S/C14H16N4OS/c1-18-8-11(6-16-18)20-9-14(19)17-13-4-2-3-10-5-15-7-12(10)13/h2-4,6,8,15H,5,7,9H2,1H3,(H,17,19). The predicted molar refractivity (Wildman–Crippen MR) is 79.5 cm³/mol. The third-order valence-electron chi connectivity index (χ3n) is 3.22. The lowest BCUT2D eigenvalue weighted by Gasteiger charge is -2.09. The maximum atomic E-state index is 12.0. The number of thioether (sulfide) groups is 1. The van der Waals surface area contributed by atoms with Crippen LogP contribution in [0.5, 0.6) is 0 Å². The maximum absolute atomic E-state index is 12.0. The Kier molecular flexibility index (Phi) is 3.75. The molecule has 0 saturated carbocycles. The molecule has 1 aliphatic heterocycles. The molecule has 0 unspecified atom stereocenters. The molecule has 104 valence electrons. The van der Waals surface area contributed by atoms with Gasteiger partial charge in [0.15, 0.2) is 0 Å². The molecule has 1 aromatic carbocycles. The van der Waals surface area contributed by atoms with E-state index in [9.17, 15) is 4.79 Å². The van der Waals surface area contributed by atoms with E-state index in [2.05, 4.69) is 21.8 Å². The molecule has 2 N–H and O–H groups in total. The molecule has 1 aromatic heterocycles. The molecule has 5 nitrogen and oxygen atoms in total. The van der Waals surface area contributed by atoms with E-state index in [1.165, 1.54) is 22.9 Å². The number of rotatable bonds is 4. The number of aryl methyl sites for hydroxylation is 1. The van der Waals surface area contributed by atoms with Crippen LogP contribution in [0.4, 0.5) is 5.69 Å². The predicted octanol–water partition coefficient (Wildman–Crippen LogP) is 1.75. The summed E-state index contributed by atoms with van der Waals surface area (Å²) < 4.78 is 1.73. The van der Waals surface area contributed by atoms with Crippen LogP contribution in [0.1, 0.15) is 11.1 Å². The molecular formula is C14H16N4OS. The highest BCUT2D eigenvalue weighted by Crippen LogP contribution is 2.24. The number of benzene rings is 1. The van der Waals surface area contributed by atoms with Gasteiger partial charge in [0.05, 0.1) is 11.9 Å². The van der Waals surface area contributed by atoms with E-state index in [-0.39, 0.29) is 5.91 Å². The summed E-state index contributed by atoms with van der Waals surface area (Å²) in [5.74, 6) is 0.405. The van der Waals surface area contributed by atoms with Gasteiger partial charge in [0, 0.05) is 36.9 Å². The highest BCUT2D eigenvalue weighted by atomic mass is 32.2. The van der Waals surface area contributed by atoms with Crippen molar-refractivity contribution in [3.63, 3.8) is 0 Å². The van der Waals surface area contributed by atoms with E-state index < -0.39 is 0 Å². The van der Waals surface area contributed by atoms with Crippen LogP contribution >= 0.6 is 11.8 Å². The minimum Gasteiger partial charge on any atom is -0.325 e. The molecule has 1 amide bonds. The smallest absolute Gasteiger partial charge is 0.234 e. The van der Waals surface area contributed by atoms with E-state index >= 15 is 0 Å². The lowest BCUT2D eigenvalue weighted by molar-refractivity contribution is -0.113. The third kappa shape index (κ3) is 2.86. The highest BCUT2D eigenvalue weighted by Gasteiger charge is 2.15. The molecule has 3 rings (SSSR count). The summed E-state index contributed by atoms with van der Waals surface area (Å²) in [5, 5.41) is 10.4. The Labute approximate surface area is 121 Å². The Bertz CT molecular complexity index is 638. The summed E-state index contributed by atoms with van der Waals surface area (Å²) in [6.45, 7) is 1.70. The Balaban J connectivity index is 1.61. The van der Waals surface area contributed by atoms with Gasteiger partial charge in [-0.05, 0) is 17.2 Å². The Morgan fingerprint density at radius 3 is 3.20 bits per heavy atom. The number of carbonyl (C=O) groups excluding carboxylic acids is 1. The van der Waals surface area contributed by atoms with E-state index in [4.69, 9.17) is 0 Å². The van der Waals surface area contributed by atoms with Gasteiger partial charge < -0.3 is 10.6 Å². The summed E-state index contributed by atoms with van der Waals surface area (Å²) in [7, 11) is 1.87. The van der Waals surface area contributed by atoms with Crippen LogP contribution in [0.2, 0.25) is 0 Å². The second-order valence-corrected chi connectivity index (χ2v) is 5.78. The van der Waals surface area contributed by atoms with E-state index in [0.29, 0.717) is 5.75 Å². The van der Waals surface area contributed by atoms with Crippen molar-refractivity contribution < 1.29 is 4.79 Å². The van der Waals surface area contributed by atoms with Crippen molar-refractivity contribution in [3.05, 3.63) is 41.7 Å².